The van der Waals surface area contributed by atoms with Gasteiger partial charge in [-0.3, -0.25) is 9.59 Å². The van der Waals surface area contributed by atoms with Crippen LogP contribution in [0.25, 0.3) is 0 Å². The number of nitrogens with one attached hydrogen (secondary N) is 3. The molecule has 1 fully saturated rings. The average molecular weight is 392 g/mol. The number of hydrogen-bond donors (Lipinski definition) is 3. The van der Waals surface area contributed by atoms with E-state index >= 15 is 0 Å². The highest BCUT2D eigenvalue weighted by Crippen LogP contribution is 2.30. The Labute approximate surface area is 162 Å². The average Bonchev–Trinajstić information content (AvgIpc) is 3.44. The lowest BCUT2D eigenvalue weighted by Gasteiger charge is -2.16. The highest BCUT2D eigenvalue weighted by molar-refractivity contribution is 6.36. The highest BCUT2D eigenvalue weighted by Gasteiger charge is 2.29. The second kappa shape index (κ2) is 7.98. The van der Waals surface area contributed by atoms with E-state index in [1.54, 1.807) is 25.1 Å². The van der Waals surface area contributed by atoms with Gasteiger partial charge in [0.15, 0.2) is 0 Å². The van der Waals surface area contributed by atoms with Crippen LogP contribution in [0.1, 0.15) is 19.8 Å². The molecule has 5 nitrogen and oxygen atoms in total. The van der Waals surface area contributed by atoms with Gasteiger partial charge >= 0.3 is 0 Å². The van der Waals surface area contributed by atoms with Crippen LogP contribution in [0.2, 0.25) is 10.0 Å². The Hall–Kier alpha value is -2.24. The molecule has 0 unspecified atom stereocenters. The first-order valence-corrected chi connectivity index (χ1v) is 9.11. The summed E-state index contributed by atoms with van der Waals surface area (Å²) in [5.74, 6) is 0.00912. The van der Waals surface area contributed by atoms with Crippen LogP contribution in [0.15, 0.2) is 42.5 Å². The minimum atomic E-state index is -0.478. The predicted molar refractivity (Wildman–Crippen MR) is 106 cm³/mol. The van der Waals surface area contributed by atoms with Crippen LogP contribution in [0.3, 0.4) is 0 Å². The van der Waals surface area contributed by atoms with Crippen molar-refractivity contribution in [1.82, 2.24) is 0 Å². The van der Waals surface area contributed by atoms with Gasteiger partial charge in [-0.2, -0.15) is 0 Å². The fourth-order valence-electron chi connectivity index (χ4n) is 2.39. The number of amides is 2. The topological polar surface area (TPSA) is 70.2 Å². The molecule has 0 spiro atoms. The van der Waals surface area contributed by atoms with Gasteiger partial charge in [0.2, 0.25) is 11.8 Å². The number of halogens is 2. The van der Waals surface area contributed by atoms with E-state index in [9.17, 15) is 9.59 Å². The molecule has 3 N–H and O–H groups in total. The molecule has 1 aliphatic carbocycles. The van der Waals surface area contributed by atoms with Gasteiger partial charge in [0, 0.05) is 22.3 Å². The zero-order chi connectivity index (χ0) is 18.7. The quantitative estimate of drug-likeness (QED) is 0.663. The summed E-state index contributed by atoms with van der Waals surface area (Å²) in [7, 11) is 0. The Morgan fingerprint density at radius 1 is 1.00 bits per heavy atom. The summed E-state index contributed by atoms with van der Waals surface area (Å²) in [4.78, 5) is 24.1. The first kappa shape index (κ1) is 18.5. The summed E-state index contributed by atoms with van der Waals surface area (Å²) < 4.78 is 0. The molecular formula is C19H19Cl2N3O2. The van der Waals surface area contributed by atoms with E-state index in [1.165, 1.54) is 0 Å². The molecule has 0 aliphatic heterocycles. The molecule has 0 radical (unpaired) electrons. The minimum absolute atomic E-state index is 0.0679. The number of benzene rings is 2. The molecule has 0 bridgehead atoms. The fraction of sp³-hybridized carbons (Fsp3) is 0.263. The minimum Gasteiger partial charge on any atom is -0.374 e. The third-order valence-corrected chi connectivity index (χ3v) is 4.61. The summed E-state index contributed by atoms with van der Waals surface area (Å²) >= 11 is 11.9. The van der Waals surface area contributed by atoms with Crippen LogP contribution < -0.4 is 16.0 Å². The molecule has 2 amide bonds. The van der Waals surface area contributed by atoms with E-state index in [4.69, 9.17) is 23.2 Å². The number of carbonyl (C=O) groups excluding carboxylic acids is 2. The molecule has 1 atom stereocenters. The summed E-state index contributed by atoms with van der Waals surface area (Å²) in [6, 6.07) is 11.7. The van der Waals surface area contributed by atoms with Gasteiger partial charge in [-0.1, -0.05) is 23.2 Å². The van der Waals surface area contributed by atoms with Gasteiger partial charge in [0.1, 0.15) is 6.04 Å². The third kappa shape index (κ3) is 4.90. The number of carbonyl (C=O) groups is 2. The summed E-state index contributed by atoms with van der Waals surface area (Å²) in [5.41, 5.74) is 2.03. The van der Waals surface area contributed by atoms with E-state index in [0.29, 0.717) is 15.7 Å². The normalized spacial score (nSPS) is 14.4. The smallest absolute Gasteiger partial charge is 0.246 e. The maximum absolute atomic E-state index is 12.3. The zero-order valence-electron chi connectivity index (χ0n) is 14.2. The second-order valence-corrected chi connectivity index (χ2v) is 7.16. The largest absolute Gasteiger partial charge is 0.374 e. The molecule has 0 saturated heterocycles. The molecule has 1 aliphatic rings. The van der Waals surface area contributed by atoms with Crippen molar-refractivity contribution in [3.05, 3.63) is 52.5 Å². The van der Waals surface area contributed by atoms with Crippen LogP contribution >= 0.6 is 23.2 Å². The van der Waals surface area contributed by atoms with Crippen LogP contribution in [0.4, 0.5) is 17.1 Å². The van der Waals surface area contributed by atoms with Crippen molar-refractivity contribution < 1.29 is 9.59 Å². The first-order chi connectivity index (χ1) is 12.4. The van der Waals surface area contributed by atoms with Crippen molar-refractivity contribution >= 4 is 52.1 Å². The van der Waals surface area contributed by atoms with Crippen molar-refractivity contribution in [1.29, 1.82) is 0 Å². The molecule has 26 heavy (non-hydrogen) atoms. The van der Waals surface area contributed by atoms with Gasteiger partial charge in [-0.15, -0.1) is 0 Å². The Bertz CT molecular complexity index is 820. The van der Waals surface area contributed by atoms with Gasteiger partial charge in [0.05, 0.1) is 10.7 Å². The highest BCUT2D eigenvalue weighted by atomic mass is 35.5. The number of rotatable bonds is 6. The fourth-order valence-corrected chi connectivity index (χ4v) is 2.84. The lowest BCUT2D eigenvalue weighted by atomic mass is 10.2. The van der Waals surface area contributed by atoms with Crippen molar-refractivity contribution in [3.63, 3.8) is 0 Å². The monoisotopic (exact) mass is 391 g/mol. The molecule has 136 valence electrons. The molecule has 7 heteroatoms. The summed E-state index contributed by atoms with van der Waals surface area (Å²) in [6.07, 6.45) is 1.94. The Morgan fingerprint density at radius 3 is 2.27 bits per heavy atom. The van der Waals surface area contributed by atoms with Gasteiger partial charge in [-0.25, -0.2) is 0 Å². The SMILES string of the molecule is C[C@H](Nc1ccc(NC(=O)C2CC2)cc1)C(=O)Nc1ccc(Cl)cc1Cl. The lowest BCUT2D eigenvalue weighted by molar-refractivity contribution is -0.117. The van der Waals surface area contributed by atoms with Crippen molar-refractivity contribution in [2.24, 2.45) is 5.92 Å². The molecule has 2 aromatic rings. The number of hydrogen-bond acceptors (Lipinski definition) is 3. The molecule has 2 aromatic carbocycles. The maximum Gasteiger partial charge on any atom is 0.246 e. The van der Waals surface area contributed by atoms with E-state index in [2.05, 4.69) is 16.0 Å². The Morgan fingerprint density at radius 2 is 1.65 bits per heavy atom. The second-order valence-electron chi connectivity index (χ2n) is 6.32. The van der Waals surface area contributed by atoms with E-state index in [-0.39, 0.29) is 17.7 Å². The van der Waals surface area contributed by atoms with Crippen LogP contribution in [0, 0.1) is 5.92 Å². The molecule has 0 heterocycles. The Kier molecular flexibility index (Phi) is 5.69. The standard InChI is InChI=1S/C19H19Cl2N3O2/c1-11(18(25)24-17-9-4-13(20)10-16(17)21)22-14-5-7-15(8-6-14)23-19(26)12-2-3-12/h4-12,22H,2-3H2,1H3,(H,23,26)(H,24,25)/t11-/m0/s1. The van der Waals surface area contributed by atoms with E-state index in [1.807, 2.05) is 24.3 Å². The molecule has 0 aromatic heterocycles. The van der Waals surface area contributed by atoms with Crippen LogP contribution in [-0.4, -0.2) is 17.9 Å². The predicted octanol–water partition coefficient (Wildman–Crippen LogP) is 4.78. The Balaban J connectivity index is 1.55. The third-order valence-electron chi connectivity index (χ3n) is 4.07. The lowest BCUT2D eigenvalue weighted by Crippen LogP contribution is -2.31. The van der Waals surface area contributed by atoms with E-state index in [0.717, 1.165) is 24.2 Å². The summed E-state index contributed by atoms with van der Waals surface area (Å²) in [5, 5.41) is 9.65. The van der Waals surface area contributed by atoms with Crippen molar-refractivity contribution in [2.75, 3.05) is 16.0 Å². The van der Waals surface area contributed by atoms with Crippen LogP contribution in [-0.2, 0) is 9.59 Å². The number of anilines is 3. The van der Waals surface area contributed by atoms with Gasteiger partial charge < -0.3 is 16.0 Å². The first-order valence-electron chi connectivity index (χ1n) is 8.36. The van der Waals surface area contributed by atoms with E-state index < -0.39 is 6.04 Å². The van der Waals surface area contributed by atoms with Gasteiger partial charge in [-0.05, 0) is 62.2 Å². The molecule has 1 saturated carbocycles. The molecular weight excluding hydrogens is 373 g/mol. The van der Waals surface area contributed by atoms with Crippen molar-refractivity contribution in [3.8, 4) is 0 Å². The van der Waals surface area contributed by atoms with Gasteiger partial charge in [0.25, 0.3) is 0 Å². The summed E-state index contributed by atoms with van der Waals surface area (Å²) in [6.45, 7) is 1.75. The zero-order valence-corrected chi connectivity index (χ0v) is 15.7. The molecule has 3 rings (SSSR count). The van der Waals surface area contributed by atoms with Crippen LogP contribution in [0.5, 0.6) is 0 Å². The maximum atomic E-state index is 12.3. The van der Waals surface area contributed by atoms with Crippen molar-refractivity contribution in [2.45, 2.75) is 25.8 Å².